The first-order valence-electron chi connectivity index (χ1n) is 16.1. The van der Waals surface area contributed by atoms with Gasteiger partial charge in [0.1, 0.15) is 0 Å². The molecule has 4 aliphatic carbocycles. The minimum atomic E-state index is -1.98. The summed E-state index contributed by atoms with van der Waals surface area (Å²) in [6.45, 7) is 31.6. The van der Waals surface area contributed by atoms with Crippen molar-refractivity contribution in [2.75, 3.05) is 6.61 Å². The molecule has 0 aromatic heterocycles. The number of rotatable bonds is 6. The van der Waals surface area contributed by atoms with E-state index in [0.717, 1.165) is 12.8 Å². The van der Waals surface area contributed by atoms with Gasteiger partial charge < -0.3 is 14.0 Å². The van der Waals surface area contributed by atoms with Crippen LogP contribution in [0.5, 0.6) is 0 Å². The Bertz CT molecular complexity index is 983. The number of hydrogen-bond acceptors (Lipinski definition) is 3. The van der Waals surface area contributed by atoms with Crippen molar-refractivity contribution in [3.63, 3.8) is 0 Å². The highest BCUT2D eigenvalue weighted by molar-refractivity contribution is 6.74. The fraction of sp³-hybridized carbons (Fsp3) is 0.882. The van der Waals surface area contributed by atoms with Crippen molar-refractivity contribution in [2.45, 2.75) is 149 Å². The largest absolute Gasteiger partial charge is 0.414 e. The molecule has 3 nitrogen and oxygen atoms in total. The highest BCUT2D eigenvalue weighted by atomic mass is 28.4. The molecule has 224 valence electrons. The van der Waals surface area contributed by atoms with Crippen LogP contribution >= 0.6 is 0 Å². The molecule has 0 aromatic carbocycles. The summed E-state index contributed by atoms with van der Waals surface area (Å²) in [6.07, 6.45) is 12.7. The van der Waals surface area contributed by atoms with Crippen molar-refractivity contribution in [1.82, 2.24) is 0 Å². The van der Waals surface area contributed by atoms with Crippen LogP contribution in [0, 0.1) is 34.5 Å². The zero-order chi connectivity index (χ0) is 29.4. The Hall–Kier alpha value is -0.206. The highest BCUT2D eigenvalue weighted by Gasteiger charge is 2.61. The first kappa shape index (κ1) is 31.7. The van der Waals surface area contributed by atoms with E-state index in [1.807, 2.05) is 0 Å². The Morgan fingerprint density at radius 2 is 1.51 bits per heavy atom. The molecule has 0 amide bonds. The zero-order valence-corrected chi connectivity index (χ0v) is 29.8. The van der Waals surface area contributed by atoms with Crippen molar-refractivity contribution in [3.8, 4) is 0 Å². The summed E-state index contributed by atoms with van der Waals surface area (Å²) in [5, 5.41) is 10.4. The minimum absolute atomic E-state index is 0.0818. The van der Waals surface area contributed by atoms with Crippen molar-refractivity contribution < 1.29 is 14.0 Å². The molecule has 0 unspecified atom stereocenters. The zero-order valence-electron chi connectivity index (χ0n) is 27.8. The Morgan fingerprint density at radius 3 is 2.08 bits per heavy atom. The third-order valence-electron chi connectivity index (χ3n) is 13.1. The van der Waals surface area contributed by atoms with E-state index in [9.17, 15) is 5.11 Å². The van der Waals surface area contributed by atoms with E-state index < -0.39 is 16.6 Å². The van der Waals surface area contributed by atoms with E-state index in [4.69, 9.17) is 8.85 Å². The van der Waals surface area contributed by atoms with Gasteiger partial charge in [0, 0.05) is 17.9 Å². The number of allylic oxidation sites excluding steroid dienone is 2. The maximum atomic E-state index is 10.0. The van der Waals surface area contributed by atoms with E-state index in [1.165, 1.54) is 31.3 Å². The molecule has 39 heavy (non-hydrogen) atoms. The minimum Gasteiger partial charge on any atom is -0.414 e. The molecule has 5 heteroatoms. The molecule has 8 atom stereocenters. The van der Waals surface area contributed by atoms with E-state index in [0.29, 0.717) is 17.8 Å². The van der Waals surface area contributed by atoms with Crippen LogP contribution in [0.3, 0.4) is 0 Å². The smallest absolute Gasteiger partial charge is 0.192 e. The molecular formula is C34H62O3Si2. The summed E-state index contributed by atoms with van der Waals surface area (Å²) >= 11 is 0. The van der Waals surface area contributed by atoms with Gasteiger partial charge in [-0.3, -0.25) is 0 Å². The molecular weight excluding hydrogens is 513 g/mol. The van der Waals surface area contributed by atoms with Gasteiger partial charge in [0.2, 0.25) is 0 Å². The Morgan fingerprint density at radius 1 is 0.923 bits per heavy atom. The Labute approximate surface area is 243 Å². The summed E-state index contributed by atoms with van der Waals surface area (Å²) in [7, 11) is -3.86. The molecule has 0 radical (unpaired) electrons. The van der Waals surface area contributed by atoms with E-state index >= 15 is 0 Å². The standard InChI is InChI=1S/C34H62O3Si2/c1-23(22-35)27-16-17-28-26-15-14-24-20-25(36-38(10,11)31(2,3)4)21-30(37-39(12,13)32(5,6)7)34(24,9)29(26)18-19-33(27,28)8/h14,16,23,25-26,28-30,35H,15,17-22H2,1-13H3/t23-,25-,26+,28+,29+,30+,33-,34+/m1/s1. The SMILES string of the molecule is C[C@H](CO)C1=CC[C@H]2[C@@H]3CC=C4C[C@@H](O[Si](C)(C)C(C)(C)C)C[C@H](O[Si](C)(C)C(C)(C)C)[C@]4(C)[C@H]3CC[C@]12C. The summed E-state index contributed by atoms with van der Waals surface area (Å²) in [5.41, 5.74) is 3.50. The summed E-state index contributed by atoms with van der Waals surface area (Å²) in [6, 6.07) is 0. The molecule has 2 saturated carbocycles. The fourth-order valence-electron chi connectivity index (χ4n) is 8.51. The van der Waals surface area contributed by atoms with Crippen LogP contribution in [0.1, 0.15) is 101 Å². The lowest BCUT2D eigenvalue weighted by atomic mass is 9.46. The van der Waals surface area contributed by atoms with Gasteiger partial charge in [0.25, 0.3) is 0 Å². The summed E-state index contributed by atoms with van der Waals surface area (Å²) < 4.78 is 14.6. The van der Waals surface area contributed by atoms with Gasteiger partial charge in [-0.2, -0.15) is 0 Å². The van der Waals surface area contributed by atoms with Gasteiger partial charge in [0.15, 0.2) is 16.6 Å². The molecule has 2 fully saturated rings. The Balaban J connectivity index is 1.71. The lowest BCUT2D eigenvalue weighted by Crippen LogP contribution is -2.60. The second-order valence-corrected chi connectivity index (χ2v) is 26.9. The van der Waals surface area contributed by atoms with Gasteiger partial charge in [-0.05, 0) is 98.0 Å². The predicted octanol–water partition coefficient (Wildman–Crippen LogP) is 9.50. The molecule has 1 N–H and O–H groups in total. The maximum absolute atomic E-state index is 10.0. The average Bonchev–Trinajstić information content (AvgIpc) is 3.14. The van der Waals surface area contributed by atoms with Crippen molar-refractivity contribution in [1.29, 1.82) is 0 Å². The third kappa shape index (κ3) is 5.28. The molecule has 0 aromatic rings. The topological polar surface area (TPSA) is 38.7 Å². The molecule has 4 rings (SSSR count). The van der Waals surface area contributed by atoms with Crippen LogP contribution in [0.15, 0.2) is 23.3 Å². The number of aliphatic hydroxyl groups excluding tert-OH is 1. The van der Waals surface area contributed by atoms with Gasteiger partial charge in [0.05, 0.1) is 12.2 Å². The van der Waals surface area contributed by atoms with Gasteiger partial charge in [-0.15, -0.1) is 0 Å². The Kier molecular flexibility index (Phi) is 8.30. The monoisotopic (exact) mass is 574 g/mol. The lowest BCUT2D eigenvalue weighted by Gasteiger charge is -2.61. The average molecular weight is 575 g/mol. The van der Waals surface area contributed by atoms with Crippen molar-refractivity contribution in [3.05, 3.63) is 23.3 Å². The molecule has 0 spiro atoms. The first-order valence-corrected chi connectivity index (χ1v) is 21.9. The van der Waals surface area contributed by atoms with Crippen LogP contribution in [0.2, 0.25) is 36.3 Å². The number of fused-ring (bicyclic) bond motifs is 5. The third-order valence-corrected chi connectivity index (χ3v) is 22.1. The predicted molar refractivity (Wildman–Crippen MR) is 171 cm³/mol. The lowest BCUT2D eigenvalue weighted by molar-refractivity contribution is -0.0904. The first-order chi connectivity index (χ1) is 17.7. The quantitative estimate of drug-likeness (QED) is 0.254. The molecule has 0 saturated heterocycles. The van der Waals surface area contributed by atoms with Crippen LogP contribution in [0.4, 0.5) is 0 Å². The normalized spacial score (nSPS) is 38.4. The maximum Gasteiger partial charge on any atom is 0.192 e. The van der Waals surface area contributed by atoms with E-state index in [-0.39, 0.29) is 45.6 Å². The van der Waals surface area contributed by atoms with Gasteiger partial charge in [-0.1, -0.05) is 85.6 Å². The second kappa shape index (κ2) is 10.2. The second-order valence-electron chi connectivity index (χ2n) is 17.4. The van der Waals surface area contributed by atoms with E-state index in [2.05, 4.69) is 101 Å². The molecule has 0 bridgehead atoms. The van der Waals surface area contributed by atoms with Crippen molar-refractivity contribution >= 4 is 16.6 Å². The van der Waals surface area contributed by atoms with Crippen LogP contribution in [-0.4, -0.2) is 40.6 Å². The summed E-state index contributed by atoms with van der Waals surface area (Å²) in [4.78, 5) is 0. The fourth-order valence-corrected chi connectivity index (χ4v) is 11.3. The molecule has 0 heterocycles. The molecule has 4 aliphatic rings. The number of hydrogen-bond donors (Lipinski definition) is 1. The van der Waals surface area contributed by atoms with E-state index in [1.54, 1.807) is 5.57 Å². The van der Waals surface area contributed by atoms with Crippen LogP contribution < -0.4 is 0 Å². The number of aliphatic hydroxyl groups is 1. The van der Waals surface area contributed by atoms with Gasteiger partial charge in [-0.25, -0.2) is 0 Å². The van der Waals surface area contributed by atoms with Crippen molar-refractivity contribution in [2.24, 2.45) is 34.5 Å². The highest BCUT2D eigenvalue weighted by Crippen LogP contribution is 2.66. The van der Waals surface area contributed by atoms with Crippen LogP contribution in [0.25, 0.3) is 0 Å². The summed E-state index contributed by atoms with van der Waals surface area (Å²) in [5.74, 6) is 2.32. The van der Waals surface area contributed by atoms with Crippen LogP contribution in [-0.2, 0) is 8.85 Å². The molecule has 0 aliphatic heterocycles. The van der Waals surface area contributed by atoms with Gasteiger partial charge >= 0.3 is 0 Å².